The number of fused-ring (bicyclic) bond motifs is 1. The third kappa shape index (κ3) is 4.92. The van der Waals surface area contributed by atoms with Crippen LogP contribution >= 0.6 is 0 Å². The van der Waals surface area contributed by atoms with Gasteiger partial charge in [-0.3, -0.25) is 15.0 Å². The molecular formula is C20H19F2N5O4. The Bertz CT molecular complexity index is 1030. The van der Waals surface area contributed by atoms with Crippen molar-refractivity contribution in [1.29, 1.82) is 5.26 Å². The summed E-state index contributed by atoms with van der Waals surface area (Å²) in [6.45, 7) is 0.795. The molecule has 0 aliphatic carbocycles. The fourth-order valence-electron chi connectivity index (χ4n) is 3.12. The van der Waals surface area contributed by atoms with Gasteiger partial charge in [0.2, 0.25) is 0 Å². The molecule has 0 fully saturated rings. The van der Waals surface area contributed by atoms with Crippen molar-refractivity contribution in [3.8, 4) is 11.8 Å². The van der Waals surface area contributed by atoms with Crippen LogP contribution in [-0.4, -0.2) is 49.2 Å². The van der Waals surface area contributed by atoms with E-state index >= 15 is 0 Å². The van der Waals surface area contributed by atoms with Crippen LogP contribution in [0.1, 0.15) is 40.0 Å². The summed E-state index contributed by atoms with van der Waals surface area (Å²) < 4.78 is 36.8. The number of methoxy groups -OCH3 is 1. The zero-order chi connectivity index (χ0) is 22.4. The standard InChI is InChI=1S/C20H19F2N5O4/c1-30-5-6-31-16-8-17(24-10-13(16)9-23)26-20(29)27-4-2-3-12-7-14(18(21)22)15(11-28)25-19(12)27/h7-8,10-11,18H,2-6H2,1H3,(H,24,26,29). The average molecular weight is 431 g/mol. The van der Waals surface area contributed by atoms with Crippen molar-refractivity contribution in [2.45, 2.75) is 19.3 Å². The average Bonchev–Trinajstić information content (AvgIpc) is 2.78. The van der Waals surface area contributed by atoms with Crippen molar-refractivity contribution < 1.29 is 27.8 Å². The minimum atomic E-state index is -2.85. The first-order chi connectivity index (χ1) is 15.0. The number of aromatic nitrogens is 2. The van der Waals surface area contributed by atoms with E-state index in [4.69, 9.17) is 9.47 Å². The summed E-state index contributed by atoms with van der Waals surface area (Å²) in [5.41, 5.74) is -0.214. The summed E-state index contributed by atoms with van der Waals surface area (Å²) in [6.07, 6.45) is -0.339. The normalized spacial score (nSPS) is 12.8. The van der Waals surface area contributed by atoms with Gasteiger partial charge < -0.3 is 9.47 Å². The lowest BCUT2D eigenvalue weighted by Crippen LogP contribution is -2.39. The Labute approximate surface area is 176 Å². The molecule has 0 atom stereocenters. The van der Waals surface area contributed by atoms with E-state index in [1.54, 1.807) is 0 Å². The number of aryl methyl sites for hydroxylation is 1. The molecule has 0 unspecified atom stereocenters. The molecule has 31 heavy (non-hydrogen) atoms. The lowest BCUT2D eigenvalue weighted by Gasteiger charge is -2.29. The second-order valence-corrected chi connectivity index (χ2v) is 6.57. The molecule has 0 saturated heterocycles. The molecule has 2 amide bonds. The Balaban J connectivity index is 1.84. The fraction of sp³-hybridized carbons (Fsp3) is 0.350. The molecule has 0 radical (unpaired) electrons. The van der Waals surface area contributed by atoms with Crippen LogP contribution in [0.25, 0.3) is 0 Å². The molecule has 1 aliphatic heterocycles. The van der Waals surface area contributed by atoms with E-state index in [9.17, 15) is 23.6 Å². The zero-order valence-corrected chi connectivity index (χ0v) is 16.6. The predicted octanol–water partition coefficient (Wildman–Crippen LogP) is 3.11. The Morgan fingerprint density at radius 2 is 2.23 bits per heavy atom. The van der Waals surface area contributed by atoms with Crippen molar-refractivity contribution in [3.05, 3.63) is 40.7 Å². The van der Waals surface area contributed by atoms with Gasteiger partial charge in [0.25, 0.3) is 6.43 Å². The minimum Gasteiger partial charge on any atom is -0.490 e. The zero-order valence-electron chi connectivity index (χ0n) is 16.6. The maximum Gasteiger partial charge on any atom is 0.328 e. The van der Waals surface area contributed by atoms with Gasteiger partial charge in [-0.2, -0.15) is 5.26 Å². The number of amides is 2. The second-order valence-electron chi connectivity index (χ2n) is 6.57. The van der Waals surface area contributed by atoms with Crippen LogP contribution in [0.2, 0.25) is 0 Å². The van der Waals surface area contributed by atoms with E-state index in [1.807, 2.05) is 6.07 Å². The van der Waals surface area contributed by atoms with Gasteiger partial charge in [0, 0.05) is 25.3 Å². The third-order valence-corrected chi connectivity index (χ3v) is 4.58. The minimum absolute atomic E-state index is 0.128. The van der Waals surface area contributed by atoms with Crippen LogP contribution < -0.4 is 15.0 Å². The van der Waals surface area contributed by atoms with Gasteiger partial charge in [-0.25, -0.2) is 23.5 Å². The SMILES string of the molecule is COCCOc1cc(NC(=O)N2CCCc3cc(C(F)F)c(C=O)nc32)ncc1C#N. The number of aldehydes is 1. The number of anilines is 2. The lowest BCUT2D eigenvalue weighted by molar-refractivity contribution is 0.110. The number of carbonyl (C=O) groups is 2. The lowest BCUT2D eigenvalue weighted by atomic mass is 10.0. The molecule has 1 N–H and O–H groups in total. The van der Waals surface area contributed by atoms with E-state index < -0.39 is 23.7 Å². The molecule has 0 spiro atoms. The fourth-order valence-corrected chi connectivity index (χ4v) is 3.12. The monoisotopic (exact) mass is 431 g/mol. The molecule has 1 aliphatic rings. The van der Waals surface area contributed by atoms with Gasteiger partial charge in [0.1, 0.15) is 41.3 Å². The molecule has 0 saturated carbocycles. The second kappa shape index (κ2) is 9.90. The molecule has 162 valence electrons. The number of alkyl halides is 2. The van der Waals surface area contributed by atoms with Crippen molar-refractivity contribution in [3.63, 3.8) is 0 Å². The van der Waals surface area contributed by atoms with Crippen LogP contribution in [0.5, 0.6) is 5.75 Å². The number of nitrogens with zero attached hydrogens (tertiary/aromatic N) is 4. The highest BCUT2D eigenvalue weighted by Crippen LogP contribution is 2.31. The summed E-state index contributed by atoms with van der Waals surface area (Å²) in [4.78, 5) is 33.4. The maximum absolute atomic E-state index is 13.2. The predicted molar refractivity (Wildman–Crippen MR) is 106 cm³/mol. The van der Waals surface area contributed by atoms with Gasteiger partial charge in [0.15, 0.2) is 6.29 Å². The Hall–Kier alpha value is -3.65. The first-order valence-corrected chi connectivity index (χ1v) is 9.36. The van der Waals surface area contributed by atoms with E-state index in [0.717, 1.165) is 0 Å². The van der Waals surface area contributed by atoms with E-state index in [1.165, 1.54) is 30.3 Å². The van der Waals surface area contributed by atoms with E-state index in [2.05, 4.69) is 15.3 Å². The highest BCUT2D eigenvalue weighted by molar-refractivity contribution is 6.01. The first-order valence-electron chi connectivity index (χ1n) is 9.36. The van der Waals surface area contributed by atoms with Gasteiger partial charge in [-0.05, 0) is 24.5 Å². The van der Waals surface area contributed by atoms with Crippen molar-refractivity contribution >= 4 is 24.0 Å². The number of pyridine rings is 2. The molecule has 11 heteroatoms. The van der Waals surface area contributed by atoms with Crippen molar-refractivity contribution in [2.75, 3.05) is 37.1 Å². The molecule has 9 nitrogen and oxygen atoms in total. The Morgan fingerprint density at radius 3 is 2.90 bits per heavy atom. The van der Waals surface area contributed by atoms with Crippen LogP contribution in [0.15, 0.2) is 18.3 Å². The first kappa shape index (κ1) is 22.0. The maximum atomic E-state index is 13.2. The van der Waals surface area contributed by atoms with E-state index in [-0.39, 0.29) is 42.4 Å². The van der Waals surface area contributed by atoms with Gasteiger partial charge in [0.05, 0.1) is 12.8 Å². The number of carbonyl (C=O) groups excluding carboxylic acids is 2. The van der Waals surface area contributed by atoms with Gasteiger partial charge in [-0.1, -0.05) is 0 Å². The van der Waals surface area contributed by atoms with Crippen LogP contribution in [0.3, 0.4) is 0 Å². The number of nitriles is 1. The molecule has 3 heterocycles. The molecule has 3 rings (SSSR count). The molecule has 0 bridgehead atoms. The number of halogens is 2. The number of hydrogen-bond acceptors (Lipinski definition) is 7. The molecule has 2 aromatic heterocycles. The number of urea groups is 1. The number of ether oxygens (including phenoxy) is 2. The van der Waals surface area contributed by atoms with Gasteiger partial charge >= 0.3 is 6.03 Å². The van der Waals surface area contributed by atoms with Gasteiger partial charge in [-0.15, -0.1) is 0 Å². The van der Waals surface area contributed by atoms with Crippen molar-refractivity contribution in [2.24, 2.45) is 0 Å². The van der Waals surface area contributed by atoms with E-state index in [0.29, 0.717) is 25.0 Å². The summed E-state index contributed by atoms with van der Waals surface area (Å²) in [5, 5.41) is 11.8. The van der Waals surface area contributed by atoms with Crippen LogP contribution in [0.4, 0.5) is 25.2 Å². The topological polar surface area (TPSA) is 117 Å². The molecule has 0 aromatic carbocycles. The van der Waals surface area contributed by atoms with Crippen LogP contribution in [-0.2, 0) is 11.2 Å². The quantitative estimate of drug-likeness (QED) is 0.529. The summed E-state index contributed by atoms with van der Waals surface area (Å²) in [5.74, 6) is 0.510. The highest BCUT2D eigenvalue weighted by atomic mass is 19.3. The summed E-state index contributed by atoms with van der Waals surface area (Å²) in [6, 6.07) is 3.97. The smallest absolute Gasteiger partial charge is 0.328 e. The molecular weight excluding hydrogens is 412 g/mol. The molecule has 2 aromatic rings. The Morgan fingerprint density at radius 1 is 1.42 bits per heavy atom. The third-order valence-electron chi connectivity index (χ3n) is 4.58. The summed E-state index contributed by atoms with van der Waals surface area (Å²) >= 11 is 0. The summed E-state index contributed by atoms with van der Waals surface area (Å²) in [7, 11) is 1.51. The number of nitrogens with one attached hydrogen (secondary N) is 1. The number of hydrogen-bond donors (Lipinski definition) is 1. The highest BCUT2D eigenvalue weighted by Gasteiger charge is 2.28. The largest absolute Gasteiger partial charge is 0.490 e. The number of rotatable bonds is 7. The van der Waals surface area contributed by atoms with Crippen molar-refractivity contribution in [1.82, 2.24) is 9.97 Å². The van der Waals surface area contributed by atoms with Crippen LogP contribution in [0, 0.1) is 11.3 Å². The Kier molecular flexibility index (Phi) is 7.04.